The highest BCUT2D eigenvalue weighted by atomic mass is 16.4. The first-order valence-electron chi connectivity index (χ1n) is 11.8. The first-order chi connectivity index (χ1) is 15.2. The minimum Gasteiger partial charge on any atom is -0.481 e. The summed E-state index contributed by atoms with van der Waals surface area (Å²) in [6.07, 6.45) is 16.2. The number of carbonyl (C=O) groups is 4. The SMILES string of the molecule is O=C(O)C(CCCCCCC1CC=CCC1CCCCCCC(C(=O)O)C(=O)O)C(=O)O. The third-order valence-corrected chi connectivity index (χ3v) is 6.54. The molecule has 2 unspecified atom stereocenters. The third kappa shape index (κ3) is 10.8. The normalized spacial score (nSPS) is 18.2. The molecule has 0 bridgehead atoms. The molecule has 0 amide bonds. The molecule has 1 aliphatic rings. The second-order valence-electron chi connectivity index (χ2n) is 8.90. The zero-order chi connectivity index (χ0) is 23.9. The zero-order valence-corrected chi connectivity index (χ0v) is 18.8. The van der Waals surface area contributed by atoms with E-state index in [0.29, 0.717) is 24.7 Å². The number of hydrogen-bond acceptors (Lipinski definition) is 4. The molecule has 0 aromatic carbocycles. The number of carboxylic acid groups (broad SMARTS) is 4. The van der Waals surface area contributed by atoms with Crippen LogP contribution in [0.4, 0.5) is 0 Å². The van der Waals surface area contributed by atoms with Crippen molar-refractivity contribution in [2.45, 2.75) is 89.9 Å². The van der Waals surface area contributed by atoms with Crippen LogP contribution in [-0.2, 0) is 19.2 Å². The Kier molecular flexibility index (Phi) is 13.3. The van der Waals surface area contributed by atoms with E-state index in [-0.39, 0.29) is 12.8 Å². The molecule has 0 saturated heterocycles. The number of aliphatic carboxylic acids is 4. The van der Waals surface area contributed by atoms with Crippen LogP contribution in [0.3, 0.4) is 0 Å². The average molecular weight is 455 g/mol. The molecule has 4 N–H and O–H groups in total. The molecule has 0 radical (unpaired) electrons. The minimum atomic E-state index is -1.30. The largest absolute Gasteiger partial charge is 0.481 e. The predicted octanol–water partition coefficient (Wildman–Crippen LogP) is 4.82. The molecule has 8 heteroatoms. The molecule has 0 heterocycles. The summed E-state index contributed by atoms with van der Waals surface area (Å²) in [7, 11) is 0. The number of carboxylic acids is 4. The van der Waals surface area contributed by atoms with Gasteiger partial charge >= 0.3 is 23.9 Å². The maximum Gasteiger partial charge on any atom is 0.317 e. The van der Waals surface area contributed by atoms with Gasteiger partial charge in [-0.15, -0.1) is 0 Å². The highest BCUT2D eigenvalue weighted by Gasteiger charge is 2.26. The summed E-state index contributed by atoms with van der Waals surface area (Å²) in [4.78, 5) is 43.6. The fourth-order valence-corrected chi connectivity index (χ4v) is 4.56. The van der Waals surface area contributed by atoms with E-state index in [1.807, 2.05) is 0 Å². The molecule has 1 aliphatic carbocycles. The lowest BCUT2D eigenvalue weighted by atomic mass is 9.77. The standard InChI is InChI=1S/C24H38O8/c25-21(26)19(22(27)28)15-7-3-1-5-11-17-13-9-10-14-18(17)12-6-2-4-8-16-20(23(29)30)24(31)32/h9-10,17-20H,1-8,11-16H2,(H,25,26)(H,27,28)(H,29,30)(H,31,32). The number of unbranched alkanes of at least 4 members (excludes halogenated alkanes) is 6. The summed E-state index contributed by atoms with van der Waals surface area (Å²) in [5.41, 5.74) is 0. The van der Waals surface area contributed by atoms with Crippen molar-refractivity contribution in [3.8, 4) is 0 Å². The van der Waals surface area contributed by atoms with Gasteiger partial charge in [0.1, 0.15) is 0 Å². The van der Waals surface area contributed by atoms with Gasteiger partial charge in [-0.05, 0) is 50.4 Å². The quantitative estimate of drug-likeness (QED) is 0.131. The van der Waals surface area contributed by atoms with Crippen molar-refractivity contribution < 1.29 is 39.6 Å². The molecule has 0 aliphatic heterocycles. The molecule has 8 nitrogen and oxygen atoms in total. The molecule has 1 rings (SSSR count). The van der Waals surface area contributed by atoms with Crippen LogP contribution in [-0.4, -0.2) is 44.3 Å². The second kappa shape index (κ2) is 15.4. The zero-order valence-electron chi connectivity index (χ0n) is 18.8. The predicted molar refractivity (Wildman–Crippen MR) is 118 cm³/mol. The van der Waals surface area contributed by atoms with Crippen LogP contribution in [0, 0.1) is 23.7 Å². The Balaban J connectivity index is 2.20. The maximum atomic E-state index is 10.9. The van der Waals surface area contributed by atoms with Crippen molar-refractivity contribution >= 4 is 23.9 Å². The van der Waals surface area contributed by atoms with Crippen molar-refractivity contribution in [1.82, 2.24) is 0 Å². The van der Waals surface area contributed by atoms with Crippen LogP contribution in [0.2, 0.25) is 0 Å². The summed E-state index contributed by atoms with van der Waals surface area (Å²) in [5, 5.41) is 35.6. The van der Waals surface area contributed by atoms with Gasteiger partial charge < -0.3 is 20.4 Å². The van der Waals surface area contributed by atoms with Crippen LogP contribution in [0.25, 0.3) is 0 Å². The molecule has 0 fully saturated rings. The highest BCUT2D eigenvalue weighted by molar-refractivity contribution is 5.93. The summed E-state index contributed by atoms with van der Waals surface area (Å²) < 4.78 is 0. The van der Waals surface area contributed by atoms with Crippen molar-refractivity contribution in [3.05, 3.63) is 12.2 Å². The van der Waals surface area contributed by atoms with E-state index in [9.17, 15) is 19.2 Å². The Labute approximate surface area is 189 Å². The lowest BCUT2D eigenvalue weighted by Crippen LogP contribution is -2.23. The van der Waals surface area contributed by atoms with Crippen LogP contribution in [0.5, 0.6) is 0 Å². The molecule has 0 aromatic heterocycles. The van der Waals surface area contributed by atoms with Gasteiger partial charge in [-0.3, -0.25) is 19.2 Å². The highest BCUT2D eigenvalue weighted by Crippen LogP contribution is 2.34. The molecular weight excluding hydrogens is 416 g/mol. The number of allylic oxidation sites excluding steroid dienone is 2. The summed E-state index contributed by atoms with van der Waals surface area (Å²) in [6.45, 7) is 0. The van der Waals surface area contributed by atoms with Crippen LogP contribution < -0.4 is 0 Å². The van der Waals surface area contributed by atoms with Crippen molar-refractivity contribution in [1.29, 1.82) is 0 Å². The molecule has 32 heavy (non-hydrogen) atoms. The molecule has 0 spiro atoms. The van der Waals surface area contributed by atoms with E-state index in [1.54, 1.807) is 0 Å². The second-order valence-corrected chi connectivity index (χ2v) is 8.90. The first kappa shape index (κ1) is 27.7. The van der Waals surface area contributed by atoms with Gasteiger partial charge in [0.2, 0.25) is 0 Å². The van der Waals surface area contributed by atoms with E-state index in [1.165, 1.54) is 0 Å². The van der Waals surface area contributed by atoms with Crippen LogP contribution >= 0.6 is 0 Å². The van der Waals surface area contributed by atoms with Gasteiger partial charge in [0.05, 0.1) is 0 Å². The molecule has 0 saturated carbocycles. The van der Waals surface area contributed by atoms with E-state index in [4.69, 9.17) is 20.4 Å². The van der Waals surface area contributed by atoms with Gasteiger partial charge in [0, 0.05) is 0 Å². The number of rotatable bonds is 18. The van der Waals surface area contributed by atoms with Gasteiger partial charge in [-0.2, -0.15) is 0 Å². The number of hydrogen-bond donors (Lipinski definition) is 4. The van der Waals surface area contributed by atoms with Crippen LogP contribution in [0.15, 0.2) is 12.2 Å². The van der Waals surface area contributed by atoms with Crippen molar-refractivity contribution in [2.75, 3.05) is 0 Å². The van der Waals surface area contributed by atoms with E-state index in [0.717, 1.165) is 64.2 Å². The lowest BCUT2D eigenvalue weighted by molar-refractivity contribution is -0.156. The maximum absolute atomic E-state index is 10.9. The fourth-order valence-electron chi connectivity index (χ4n) is 4.56. The lowest BCUT2D eigenvalue weighted by Gasteiger charge is -2.28. The Bertz CT molecular complexity index is 560. The summed E-state index contributed by atoms with van der Waals surface area (Å²) in [5.74, 6) is -6.40. The smallest absolute Gasteiger partial charge is 0.317 e. The van der Waals surface area contributed by atoms with Crippen LogP contribution in [0.1, 0.15) is 89.9 Å². The summed E-state index contributed by atoms with van der Waals surface area (Å²) in [6, 6.07) is 0. The molecule has 182 valence electrons. The van der Waals surface area contributed by atoms with E-state index < -0.39 is 35.7 Å². The minimum absolute atomic E-state index is 0.180. The van der Waals surface area contributed by atoms with E-state index >= 15 is 0 Å². The Morgan fingerprint density at radius 3 is 1.19 bits per heavy atom. The Morgan fingerprint density at radius 1 is 0.562 bits per heavy atom. The van der Waals surface area contributed by atoms with Gasteiger partial charge in [0.25, 0.3) is 0 Å². The first-order valence-corrected chi connectivity index (χ1v) is 11.8. The van der Waals surface area contributed by atoms with E-state index in [2.05, 4.69) is 12.2 Å². The fraction of sp³-hybridized carbons (Fsp3) is 0.750. The summed E-state index contributed by atoms with van der Waals surface area (Å²) >= 11 is 0. The van der Waals surface area contributed by atoms with Gasteiger partial charge in [-0.1, -0.05) is 63.5 Å². The molecular formula is C24H38O8. The molecule has 2 atom stereocenters. The molecule has 0 aromatic rings. The van der Waals surface area contributed by atoms with Gasteiger partial charge in [0.15, 0.2) is 11.8 Å². The average Bonchev–Trinajstić information content (AvgIpc) is 2.72. The monoisotopic (exact) mass is 454 g/mol. The van der Waals surface area contributed by atoms with Gasteiger partial charge in [-0.25, -0.2) is 0 Å². The topological polar surface area (TPSA) is 149 Å². The van der Waals surface area contributed by atoms with Crippen molar-refractivity contribution in [3.63, 3.8) is 0 Å². The Morgan fingerprint density at radius 2 is 0.875 bits per heavy atom. The third-order valence-electron chi connectivity index (χ3n) is 6.54. The Hall–Kier alpha value is -2.38. The van der Waals surface area contributed by atoms with Crippen molar-refractivity contribution in [2.24, 2.45) is 23.7 Å².